The van der Waals surface area contributed by atoms with Crippen molar-refractivity contribution >= 4 is 63.8 Å². The Bertz CT molecular complexity index is 1110. The first-order valence-corrected chi connectivity index (χ1v) is 12.0. The number of benzene rings is 2. The van der Waals surface area contributed by atoms with E-state index < -0.39 is 4.92 Å². The number of nitrogens with one attached hydrogen (secondary N) is 1. The molecule has 0 spiro atoms. The molecule has 0 aliphatic carbocycles. The second kappa shape index (κ2) is 11.2. The van der Waals surface area contributed by atoms with Gasteiger partial charge in [0, 0.05) is 22.9 Å². The Morgan fingerprint density at radius 2 is 1.84 bits per heavy atom. The first kappa shape index (κ1) is 23.2. The van der Waals surface area contributed by atoms with E-state index in [0.717, 1.165) is 14.9 Å². The molecule has 0 saturated carbocycles. The molecule has 0 fully saturated rings. The third-order valence-corrected chi connectivity index (χ3v) is 7.48. The van der Waals surface area contributed by atoms with Crippen LogP contribution in [0.1, 0.15) is 18.1 Å². The number of nitro groups is 1. The molecule has 12 heteroatoms. The summed E-state index contributed by atoms with van der Waals surface area (Å²) in [4.78, 5) is 22.3. The monoisotopic (exact) mass is 493 g/mol. The Labute approximate surface area is 195 Å². The highest BCUT2D eigenvalue weighted by Crippen LogP contribution is 2.32. The van der Waals surface area contributed by atoms with E-state index in [1.54, 1.807) is 19.1 Å². The van der Waals surface area contributed by atoms with Crippen LogP contribution in [-0.4, -0.2) is 32.5 Å². The number of thioether (sulfide) groups is 2. The van der Waals surface area contributed by atoms with Crippen molar-refractivity contribution in [1.29, 1.82) is 0 Å². The summed E-state index contributed by atoms with van der Waals surface area (Å²) in [5.41, 5.74) is 4.73. The number of halogens is 1. The third-order valence-electron chi connectivity index (χ3n) is 3.87. The Hall–Kier alpha value is -2.47. The molecule has 1 amide bonds. The number of nitrogens with zero attached hydrogens (tertiary/aromatic N) is 4. The van der Waals surface area contributed by atoms with Crippen molar-refractivity contribution in [3.63, 3.8) is 0 Å². The van der Waals surface area contributed by atoms with Gasteiger partial charge in [0.1, 0.15) is 0 Å². The molecule has 8 nitrogen and oxygen atoms in total. The molecule has 1 heterocycles. The molecule has 0 unspecified atom stereocenters. The highest BCUT2D eigenvalue weighted by molar-refractivity contribution is 8.03. The number of carbonyl (C=O) groups excluding carboxylic acids is 1. The molecule has 0 saturated heterocycles. The van der Waals surface area contributed by atoms with Gasteiger partial charge >= 0.3 is 0 Å². The Balaban J connectivity index is 1.45. The number of non-ortho nitro benzene ring substituents is 1. The lowest BCUT2D eigenvalue weighted by atomic mass is 10.1. The summed E-state index contributed by atoms with van der Waals surface area (Å²) in [6.07, 6.45) is 0. The van der Waals surface area contributed by atoms with Gasteiger partial charge in [-0.15, -0.1) is 10.2 Å². The summed E-state index contributed by atoms with van der Waals surface area (Å²) >= 11 is 10.4. The van der Waals surface area contributed by atoms with E-state index in [1.165, 1.54) is 47.0 Å². The predicted octanol–water partition coefficient (Wildman–Crippen LogP) is 5.02. The summed E-state index contributed by atoms with van der Waals surface area (Å²) < 4.78 is 1.49. The minimum atomic E-state index is -0.469. The van der Waals surface area contributed by atoms with Gasteiger partial charge in [-0.05, 0) is 36.2 Å². The maximum Gasteiger partial charge on any atom is 0.269 e. The smallest absolute Gasteiger partial charge is 0.269 e. The fourth-order valence-corrected chi connectivity index (χ4v) is 5.36. The van der Waals surface area contributed by atoms with E-state index in [4.69, 9.17) is 11.6 Å². The highest BCUT2D eigenvalue weighted by Gasteiger charge is 2.10. The van der Waals surface area contributed by atoms with Crippen LogP contribution >= 0.6 is 46.5 Å². The van der Waals surface area contributed by atoms with Crippen molar-refractivity contribution in [2.45, 2.75) is 21.4 Å². The number of aromatic nitrogens is 2. The molecule has 1 aromatic heterocycles. The van der Waals surface area contributed by atoms with Gasteiger partial charge in [-0.1, -0.05) is 64.7 Å². The standard InChI is InChI=1S/C19H16ClN5O3S3/c1-12(13-6-8-15(9-7-13)25(27)28)21-22-17(26)11-30-19-24-23-18(31-19)29-10-14-4-2-3-5-16(14)20/h2-9H,10-11H2,1H3,(H,22,26). The van der Waals surface area contributed by atoms with Gasteiger partial charge in [-0.25, -0.2) is 5.43 Å². The van der Waals surface area contributed by atoms with Crippen LogP contribution in [0.5, 0.6) is 0 Å². The first-order chi connectivity index (χ1) is 14.9. The van der Waals surface area contributed by atoms with Gasteiger partial charge in [0.2, 0.25) is 0 Å². The minimum absolute atomic E-state index is 0.00144. The molecule has 1 N–H and O–H groups in total. The van der Waals surface area contributed by atoms with Crippen LogP contribution in [0.15, 0.2) is 62.3 Å². The maximum absolute atomic E-state index is 12.1. The molecule has 0 atom stereocenters. The Morgan fingerprint density at radius 1 is 1.16 bits per heavy atom. The zero-order valence-electron chi connectivity index (χ0n) is 16.1. The maximum atomic E-state index is 12.1. The topological polar surface area (TPSA) is 110 Å². The SMILES string of the molecule is CC(=NNC(=O)CSc1nnc(SCc2ccccc2Cl)s1)c1ccc([N+](=O)[O-])cc1. The van der Waals surface area contributed by atoms with Crippen molar-refractivity contribution in [2.24, 2.45) is 5.10 Å². The summed E-state index contributed by atoms with van der Waals surface area (Å²) in [7, 11) is 0. The van der Waals surface area contributed by atoms with Crippen LogP contribution in [-0.2, 0) is 10.5 Å². The number of amides is 1. The molecule has 3 aromatic rings. The molecule has 0 radical (unpaired) electrons. The van der Waals surface area contributed by atoms with Crippen LogP contribution < -0.4 is 5.43 Å². The third kappa shape index (κ3) is 7.03. The van der Waals surface area contributed by atoms with Crippen LogP contribution in [0.3, 0.4) is 0 Å². The van der Waals surface area contributed by atoms with E-state index in [-0.39, 0.29) is 17.3 Å². The normalized spacial score (nSPS) is 11.4. The van der Waals surface area contributed by atoms with Gasteiger partial charge in [-0.2, -0.15) is 5.10 Å². The van der Waals surface area contributed by atoms with E-state index in [2.05, 4.69) is 20.7 Å². The predicted molar refractivity (Wildman–Crippen MR) is 125 cm³/mol. The largest absolute Gasteiger partial charge is 0.272 e. The number of hydrogen-bond donors (Lipinski definition) is 1. The van der Waals surface area contributed by atoms with E-state index >= 15 is 0 Å². The number of rotatable bonds is 9. The summed E-state index contributed by atoms with van der Waals surface area (Å²) in [6, 6.07) is 13.6. The summed E-state index contributed by atoms with van der Waals surface area (Å²) in [5, 5.41) is 23.7. The highest BCUT2D eigenvalue weighted by atomic mass is 35.5. The molecule has 2 aromatic carbocycles. The van der Waals surface area contributed by atoms with Crippen molar-refractivity contribution in [2.75, 3.05) is 5.75 Å². The summed E-state index contributed by atoms with van der Waals surface area (Å²) in [6.45, 7) is 1.71. The molecular formula is C19H16ClN5O3S3. The molecular weight excluding hydrogens is 478 g/mol. The van der Waals surface area contributed by atoms with Gasteiger partial charge < -0.3 is 0 Å². The van der Waals surface area contributed by atoms with E-state index in [9.17, 15) is 14.9 Å². The Morgan fingerprint density at radius 3 is 2.52 bits per heavy atom. The first-order valence-electron chi connectivity index (χ1n) is 8.83. The average molecular weight is 494 g/mol. The fourth-order valence-electron chi connectivity index (χ4n) is 2.26. The molecule has 3 rings (SSSR count). The van der Waals surface area contributed by atoms with Gasteiger partial charge in [0.25, 0.3) is 11.6 Å². The van der Waals surface area contributed by atoms with Crippen molar-refractivity contribution < 1.29 is 9.72 Å². The Kier molecular flexibility index (Phi) is 8.41. The molecule has 0 aliphatic heterocycles. The zero-order chi connectivity index (χ0) is 22.2. The average Bonchev–Trinajstić information content (AvgIpc) is 3.23. The number of nitro benzene ring substituents is 1. The summed E-state index contributed by atoms with van der Waals surface area (Å²) in [5.74, 6) is 0.545. The zero-order valence-corrected chi connectivity index (χ0v) is 19.4. The van der Waals surface area contributed by atoms with Crippen LogP contribution in [0.4, 0.5) is 5.69 Å². The van der Waals surface area contributed by atoms with Crippen LogP contribution in [0.25, 0.3) is 0 Å². The van der Waals surface area contributed by atoms with Crippen molar-refractivity contribution in [3.8, 4) is 0 Å². The van der Waals surface area contributed by atoms with E-state index in [0.29, 0.717) is 21.4 Å². The van der Waals surface area contributed by atoms with Crippen LogP contribution in [0, 0.1) is 10.1 Å². The van der Waals surface area contributed by atoms with E-state index in [1.807, 2.05) is 24.3 Å². The fraction of sp³-hybridized carbons (Fsp3) is 0.158. The molecule has 160 valence electrons. The van der Waals surface area contributed by atoms with Gasteiger partial charge in [0.15, 0.2) is 8.68 Å². The lowest BCUT2D eigenvalue weighted by Crippen LogP contribution is -2.21. The quantitative estimate of drug-likeness (QED) is 0.193. The number of hydrogen-bond acceptors (Lipinski definition) is 9. The van der Waals surface area contributed by atoms with Crippen molar-refractivity contribution in [1.82, 2.24) is 15.6 Å². The lowest BCUT2D eigenvalue weighted by molar-refractivity contribution is -0.384. The molecule has 31 heavy (non-hydrogen) atoms. The second-order valence-electron chi connectivity index (χ2n) is 6.04. The second-order valence-corrected chi connectivity index (χ2v) is 9.87. The number of hydrazone groups is 1. The van der Waals surface area contributed by atoms with Gasteiger partial charge in [0.05, 0.1) is 16.4 Å². The number of carbonyl (C=O) groups is 1. The lowest BCUT2D eigenvalue weighted by Gasteiger charge is -2.02. The van der Waals surface area contributed by atoms with Gasteiger partial charge in [-0.3, -0.25) is 14.9 Å². The molecule has 0 bridgehead atoms. The molecule has 0 aliphatic rings. The van der Waals surface area contributed by atoms with Crippen LogP contribution in [0.2, 0.25) is 5.02 Å². The van der Waals surface area contributed by atoms with Crippen molar-refractivity contribution in [3.05, 3.63) is 74.8 Å². The minimum Gasteiger partial charge on any atom is -0.272 e.